The average Bonchev–Trinajstić information content (AvgIpc) is 2.81. The van der Waals surface area contributed by atoms with Crippen molar-refractivity contribution in [3.05, 3.63) is 0 Å². The van der Waals surface area contributed by atoms with Crippen LogP contribution in [-0.2, 0) is 4.74 Å². The number of ether oxygens (including phenoxy) is 1. The van der Waals surface area contributed by atoms with Crippen LogP contribution in [0, 0.1) is 0 Å². The lowest BCUT2D eigenvalue weighted by atomic mass is 9.96. The first-order valence-electron chi connectivity index (χ1n) is 6.61. The Kier molecular flexibility index (Phi) is 6.32. The zero-order valence-electron chi connectivity index (χ0n) is 10.8. The molecule has 3 nitrogen and oxygen atoms in total. The second-order valence-electron chi connectivity index (χ2n) is 5.20. The van der Waals surface area contributed by atoms with Crippen molar-refractivity contribution in [2.24, 2.45) is 0 Å². The van der Waals surface area contributed by atoms with Gasteiger partial charge in [-0.05, 0) is 46.1 Å². The summed E-state index contributed by atoms with van der Waals surface area (Å²) in [6.45, 7) is 3.15. The van der Waals surface area contributed by atoms with Crippen LogP contribution in [0.5, 0.6) is 0 Å². The monoisotopic (exact) mass is 229 g/mol. The first-order valence-corrected chi connectivity index (χ1v) is 6.61. The summed E-state index contributed by atoms with van der Waals surface area (Å²) in [6, 6.07) is 0. The Balaban J connectivity index is 1.98. The first kappa shape index (κ1) is 13.9. The zero-order chi connectivity index (χ0) is 11.9. The molecule has 0 saturated heterocycles. The fraction of sp³-hybridized carbons (Fsp3) is 1.00. The summed E-state index contributed by atoms with van der Waals surface area (Å²) in [5.74, 6) is 0. The van der Waals surface area contributed by atoms with E-state index in [-0.39, 0.29) is 12.1 Å². The van der Waals surface area contributed by atoms with Crippen molar-refractivity contribution in [1.82, 2.24) is 5.32 Å². The molecule has 16 heavy (non-hydrogen) atoms. The molecule has 1 aliphatic rings. The van der Waals surface area contributed by atoms with Crippen LogP contribution < -0.4 is 5.32 Å². The van der Waals surface area contributed by atoms with E-state index in [1.807, 2.05) is 7.05 Å². The molecule has 0 spiro atoms. The maximum Gasteiger partial charge on any atom is 0.0610 e. The molecule has 3 heteroatoms. The molecule has 0 radical (unpaired) electrons. The van der Waals surface area contributed by atoms with Gasteiger partial charge < -0.3 is 15.2 Å². The highest BCUT2D eigenvalue weighted by Gasteiger charge is 2.20. The van der Waals surface area contributed by atoms with Crippen molar-refractivity contribution < 1.29 is 9.84 Å². The third-order valence-corrected chi connectivity index (χ3v) is 3.73. The van der Waals surface area contributed by atoms with E-state index < -0.39 is 0 Å². The number of hydrogen-bond acceptors (Lipinski definition) is 3. The van der Waals surface area contributed by atoms with Gasteiger partial charge in [-0.1, -0.05) is 12.8 Å². The van der Waals surface area contributed by atoms with E-state index in [9.17, 15) is 5.11 Å². The molecule has 0 aromatic rings. The Hall–Kier alpha value is -0.120. The molecule has 96 valence electrons. The van der Waals surface area contributed by atoms with Gasteiger partial charge in [0.25, 0.3) is 0 Å². The molecule has 0 aliphatic heterocycles. The largest absolute Gasteiger partial charge is 0.394 e. The quantitative estimate of drug-likeness (QED) is 0.626. The molecule has 1 atom stereocenters. The molecule has 0 amide bonds. The molecule has 1 saturated carbocycles. The molecule has 1 unspecified atom stereocenters. The van der Waals surface area contributed by atoms with Crippen LogP contribution in [0.2, 0.25) is 0 Å². The van der Waals surface area contributed by atoms with Crippen molar-refractivity contribution in [1.29, 1.82) is 0 Å². The Labute approximate surface area is 99.6 Å². The number of aliphatic hydroxyl groups excluding tert-OH is 1. The normalized spacial score (nSPS) is 21.2. The topological polar surface area (TPSA) is 41.5 Å². The maximum atomic E-state index is 9.22. The summed E-state index contributed by atoms with van der Waals surface area (Å²) in [7, 11) is 1.91. The third kappa shape index (κ3) is 4.81. The van der Waals surface area contributed by atoms with Gasteiger partial charge in [0.1, 0.15) is 0 Å². The second kappa shape index (κ2) is 7.25. The molecule has 0 bridgehead atoms. The standard InChI is InChI=1S/C13H27NO2/c1-13(11-15,14-2)9-5-6-10-16-12-7-3-4-8-12/h12,14-15H,3-11H2,1-2H3. The van der Waals surface area contributed by atoms with Crippen LogP contribution in [0.15, 0.2) is 0 Å². The summed E-state index contributed by atoms with van der Waals surface area (Å²) in [6.07, 6.45) is 8.95. The fourth-order valence-electron chi connectivity index (χ4n) is 2.21. The molecular formula is C13H27NO2. The van der Waals surface area contributed by atoms with Gasteiger partial charge in [-0.2, -0.15) is 0 Å². The summed E-state index contributed by atoms with van der Waals surface area (Å²) in [5.41, 5.74) is -0.118. The number of unbranched alkanes of at least 4 members (excludes halogenated alkanes) is 1. The number of likely N-dealkylation sites (N-methyl/N-ethyl adjacent to an activating group) is 1. The Morgan fingerprint density at radius 3 is 2.56 bits per heavy atom. The lowest BCUT2D eigenvalue weighted by molar-refractivity contribution is 0.0539. The van der Waals surface area contributed by atoms with Gasteiger partial charge in [0.05, 0.1) is 12.7 Å². The lowest BCUT2D eigenvalue weighted by Crippen LogP contribution is -2.43. The minimum absolute atomic E-state index is 0.118. The van der Waals surface area contributed by atoms with Gasteiger partial charge >= 0.3 is 0 Å². The van der Waals surface area contributed by atoms with Gasteiger partial charge in [0.2, 0.25) is 0 Å². The van der Waals surface area contributed by atoms with Crippen LogP contribution in [0.3, 0.4) is 0 Å². The highest BCUT2D eigenvalue weighted by Crippen LogP contribution is 2.21. The van der Waals surface area contributed by atoms with Gasteiger partial charge in [-0.15, -0.1) is 0 Å². The SMILES string of the molecule is CNC(C)(CO)CCCCOC1CCCC1. The van der Waals surface area contributed by atoms with Gasteiger partial charge in [0, 0.05) is 12.1 Å². The molecular weight excluding hydrogens is 202 g/mol. The molecule has 1 rings (SSSR count). The highest BCUT2D eigenvalue weighted by molar-refractivity contribution is 4.80. The molecule has 1 fully saturated rings. The number of hydrogen-bond donors (Lipinski definition) is 2. The molecule has 0 aromatic carbocycles. The minimum Gasteiger partial charge on any atom is -0.394 e. The third-order valence-electron chi connectivity index (χ3n) is 3.73. The van der Waals surface area contributed by atoms with E-state index in [2.05, 4.69) is 12.2 Å². The minimum atomic E-state index is -0.118. The van der Waals surface area contributed by atoms with Crippen molar-refractivity contribution in [3.63, 3.8) is 0 Å². The van der Waals surface area contributed by atoms with E-state index in [0.717, 1.165) is 25.9 Å². The van der Waals surface area contributed by atoms with E-state index in [4.69, 9.17) is 4.74 Å². The zero-order valence-corrected chi connectivity index (χ0v) is 10.8. The van der Waals surface area contributed by atoms with Crippen molar-refractivity contribution in [2.75, 3.05) is 20.3 Å². The van der Waals surface area contributed by atoms with Gasteiger partial charge in [-0.25, -0.2) is 0 Å². The Morgan fingerprint density at radius 2 is 2.00 bits per heavy atom. The van der Waals surface area contributed by atoms with Gasteiger partial charge in [0.15, 0.2) is 0 Å². The number of aliphatic hydroxyl groups is 1. The predicted molar refractivity (Wildman–Crippen MR) is 66.6 cm³/mol. The lowest BCUT2D eigenvalue weighted by Gasteiger charge is -2.26. The summed E-state index contributed by atoms with van der Waals surface area (Å²) < 4.78 is 5.80. The molecule has 0 heterocycles. The average molecular weight is 229 g/mol. The highest BCUT2D eigenvalue weighted by atomic mass is 16.5. The van der Waals surface area contributed by atoms with Crippen molar-refractivity contribution in [3.8, 4) is 0 Å². The van der Waals surface area contributed by atoms with Crippen molar-refractivity contribution >= 4 is 0 Å². The summed E-state index contributed by atoms with van der Waals surface area (Å²) in [5, 5.41) is 12.4. The molecule has 2 N–H and O–H groups in total. The van der Waals surface area contributed by atoms with E-state index >= 15 is 0 Å². The predicted octanol–water partition coefficient (Wildman–Crippen LogP) is 2.09. The number of rotatable bonds is 8. The van der Waals surface area contributed by atoms with Gasteiger partial charge in [-0.3, -0.25) is 0 Å². The summed E-state index contributed by atoms with van der Waals surface area (Å²) in [4.78, 5) is 0. The van der Waals surface area contributed by atoms with Crippen LogP contribution >= 0.6 is 0 Å². The second-order valence-corrected chi connectivity index (χ2v) is 5.20. The molecule has 1 aliphatic carbocycles. The molecule has 0 aromatic heterocycles. The summed E-state index contributed by atoms with van der Waals surface area (Å²) >= 11 is 0. The first-order chi connectivity index (χ1) is 7.70. The van der Waals surface area contributed by atoms with E-state index in [0.29, 0.717) is 6.10 Å². The smallest absolute Gasteiger partial charge is 0.0610 e. The number of nitrogens with one attached hydrogen (secondary N) is 1. The van der Waals surface area contributed by atoms with E-state index in [1.165, 1.54) is 25.7 Å². The van der Waals surface area contributed by atoms with Crippen molar-refractivity contribution in [2.45, 2.75) is 63.5 Å². The maximum absolute atomic E-state index is 9.22. The Bertz CT molecular complexity index is 175. The van der Waals surface area contributed by atoms with Crippen LogP contribution in [-0.4, -0.2) is 37.0 Å². The fourth-order valence-corrected chi connectivity index (χ4v) is 2.21. The van der Waals surface area contributed by atoms with Crippen LogP contribution in [0.4, 0.5) is 0 Å². The Morgan fingerprint density at radius 1 is 1.31 bits per heavy atom. The van der Waals surface area contributed by atoms with E-state index in [1.54, 1.807) is 0 Å². The van der Waals surface area contributed by atoms with Crippen LogP contribution in [0.1, 0.15) is 51.9 Å². The van der Waals surface area contributed by atoms with Crippen LogP contribution in [0.25, 0.3) is 0 Å².